The van der Waals surface area contributed by atoms with Crippen molar-refractivity contribution >= 4 is 17.7 Å². The van der Waals surface area contributed by atoms with Crippen LogP contribution in [0.4, 0.5) is 0 Å². The first-order valence-corrected chi connectivity index (χ1v) is 6.59. The van der Waals surface area contributed by atoms with E-state index in [9.17, 15) is 4.79 Å². The third-order valence-corrected chi connectivity index (χ3v) is 4.09. The Hall–Kier alpha value is -1.01. The van der Waals surface area contributed by atoms with E-state index >= 15 is 0 Å². The fraction of sp³-hybridized carbons (Fsp3) is 0.636. The Morgan fingerprint density at radius 2 is 2.47 bits per heavy atom. The van der Waals surface area contributed by atoms with Gasteiger partial charge in [0.05, 0.1) is 11.8 Å². The number of aryl methyl sites for hydroxylation is 2. The minimum absolute atomic E-state index is 0.247. The molecule has 1 N–H and O–H groups in total. The highest BCUT2D eigenvalue weighted by Crippen LogP contribution is 2.28. The van der Waals surface area contributed by atoms with Gasteiger partial charge in [0.15, 0.2) is 0 Å². The Bertz CT molecular complexity index is 425. The topological polar surface area (TPSA) is 64.4 Å². The van der Waals surface area contributed by atoms with Crippen LogP contribution in [0.5, 0.6) is 0 Å². The molecule has 1 saturated heterocycles. The highest BCUT2D eigenvalue weighted by atomic mass is 32.2. The summed E-state index contributed by atoms with van der Waals surface area (Å²) in [6, 6.07) is 0. The normalized spacial score (nSPS) is 19.8. The van der Waals surface area contributed by atoms with E-state index in [4.69, 9.17) is 9.84 Å². The summed E-state index contributed by atoms with van der Waals surface area (Å²) < 4.78 is 7.16. The second-order valence-electron chi connectivity index (χ2n) is 4.14. The molecule has 2 rings (SSSR count). The second kappa shape index (κ2) is 5.10. The van der Waals surface area contributed by atoms with Crippen molar-refractivity contribution < 1.29 is 14.6 Å². The SMILES string of the molecule is Cc1nn(C)c(SCC2CCCO2)c1C(=O)O. The Morgan fingerprint density at radius 1 is 1.71 bits per heavy atom. The van der Waals surface area contributed by atoms with Gasteiger partial charge in [0, 0.05) is 19.4 Å². The van der Waals surface area contributed by atoms with Gasteiger partial charge in [0.1, 0.15) is 10.6 Å². The molecule has 2 heterocycles. The summed E-state index contributed by atoms with van der Waals surface area (Å²) in [4.78, 5) is 11.2. The Kier molecular flexibility index (Phi) is 3.73. The number of rotatable bonds is 4. The maximum atomic E-state index is 11.2. The molecule has 94 valence electrons. The van der Waals surface area contributed by atoms with Crippen LogP contribution in [-0.4, -0.2) is 39.3 Å². The summed E-state index contributed by atoms with van der Waals surface area (Å²) in [5, 5.41) is 14.0. The van der Waals surface area contributed by atoms with Crippen LogP contribution < -0.4 is 0 Å². The molecule has 17 heavy (non-hydrogen) atoms. The smallest absolute Gasteiger partial charge is 0.340 e. The van der Waals surface area contributed by atoms with E-state index in [1.165, 1.54) is 11.8 Å². The number of hydrogen-bond acceptors (Lipinski definition) is 4. The van der Waals surface area contributed by atoms with Crippen LogP contribution >= 0.6 is 11.8 Å². The molecule has 0 bridgehead atoms. The average molecular weight is 256 g/mol. The predicted octanol–water partition coefficient (Wildman–Crippen LogP) is 1.70. The number of carboxylic acid groups (broad SMARTS) is 1. The summed E-state index contributed by atoms with van der Waals surface area (Å²) in [5.74, 6) is -0.121. The summed E-state index contributed by atoms with van der Waals surface area (Å²) in [7, 11) is 1.78. The molecule has 1 atom stereocenters. The van der Waals surface area contributed by atoms with Gasteiger partial charge in [-0.05, 0) is 19.8 Å². The van der Waals surface area contributed by atoms with Crippen LogP contribution in [0.3, 0.4) is 0 Å². The van der Waals surface area contributed by atoms with E-state index in [0.29, 0.717) is 16.3 Å². The van der Waals surface area contributed by atoms with Gasteiger partial charge in [0.2, 0.25) is 0 Å². The molecule has 0 saturated carbocycles. The largest absolute Gasteiger partial charge is 0.478 e. The zero-order valence-electron chi connectivity index (χ0n) is 9.97. The van der Waals surface area contributed by atoms with Gasteiger partial charge >= 0.3 is 5.97 Å². The Morgan fingerprint density at radius 3 is 3.06 bits per heavy atom. The predicted molar refractivity (Wildman–Crippen MR) is 64.6 cm³/mol. The molecule has 0 amide bonds. The summed E-state index contributed by atoms with van der Waals surface area (Å²) in [6.07, 6.45) is 2.41. The minimum Gasteiger partial charge on any atom is -0.478 e. The molecule has 6 heteroatoms. The van der Waals surface area contributed by atoms with Gasteiger partial charge in [-0.2, -0.15) is 5.10 Å². The van der Waals surface area contributed by atoms with E-state index in [-0.39, 0.29) is 6.10 Å². The lowest BCUT2D eigenvalue weighted by Crippen LogP contribution is -2.09. The molecule has 1 aromatic rings. The van der Waals surface area contributed by atoms with E-state index in [2.05, 4.69) is 5.10 Å². The molecule has 0 aliphatic carbocycles. The number of thioether (sulfide) groups is 1. The lowest BCUT2D eigenvalue weighted by Gasteiger charge is -2.09. The molecule has 1 aliphatic heterocycles. The van der Waals surface area contributed by atoms with Crippen LogP contribution in [0.2, 0.25) is 0 Å². The fourth-order valence-corrected chi connectivity index (χ4v) is 3.21. The third kappa shape index (κ3) is 2.63. The van der Waals surface area contributed by atoms with Crippen LogP contribution in [-0.2, 0) is 11.8 Å². The molecule has 1 aromatic heterocycles. The molecule has 0 aromatic carbocycles. The van der Waals surface area contributed by atoms with Crippen molar-refractivity contribution in [2.45, 2.75) is 30.9 Å². The van der Waals surface area contributed by atoms with Gasteiger partial charge in [-0.1, -0.05) is 0 Å². The number of aromatic nitrogens is 2. The van der Waals surface area contributed by atoms with Crippen molar-refractivity contribution in [2.75, 3.05) is 12.4 Å². The fourth-order valence-electron chi connectivity index (χ4n) is 2.00. The average Bonchev–Trinajstić information content (AvgIpc) is 2.83. The highest BCUT2D eigenvalue weighted by Gasteiger charge is 2.22. The third-order valence-electron chi connectivity index (χ3n) is 2.81. The van der Waals surface area contributed by atoms with Gasteiger partial charge in [-0.25, -0.2) is 4.79 Å². The molecular formula is C11H16N2O3S. The van der Waals surface area contributed by atoms with Crippen LogP contribution in [0.1, 0.15) is 28.9 Å². The van der Waals surface area contributed by atoms with Crippen molar-refractivity contribution in [3.63, 3.8) is 0 Å². The van der Waals surface area contributed by atoms with E-state index < -0.39 is 5.97 Å². The second-order valence-corrected chi connectivity index (χ2v) is 5.15. The van der Waals surface area contributed by atoms with Crippen molar-refractivity contribution in [1.82, 2.24) is 9.78 Å². The minimum atomic E-state index is -0.912. The quantitative estimate of drug-likeness (QED) is 0.831. The van der Waals surface area contributed by atoms with Crippen molar-refractivity contribution in [3.05, 3.63) is 11.3 Å². The molecule has 0 radical (unpaired) electrons. The Labute approximate surface area is 104 Å². The molecule has 1 unspecified atom stereocenters. The van der Waals surface area contributed by atoms with E-state index in [1.54, 1.807) is 18.7 Å². The van der Waals surface area contributed by atoms with E-state index in [0.717, 1.165) is 25.2 Å². The monoisotopic (exact) mass is 256 g/mol. The van der Waals surface area contributed by atoms with Crippen molar-refractivity contribution in [1.29, 1.82) is 0 Å². The van der Waals surface area contributed by atoms with Gasteiger partial charge in [-0.15, -0.1) is 11.8 Å². The van der Waals surface area contributed by atoms with Gasteiger partial charge in [-0.3, -0.25) is 4.68 Å². The number of ether oxygens (including phenoxy) is 1. The highest BCUT2D eigenvalue weighted by molar-refractivity contribution is 7.99. The molecule has 1 aliphatic rings. The van der Waals surface area contributed by atoms with Crippen LogP contribution in [0.15, 0.2) is 5.03 Å². The summed E-state index contributed by atoms with van der Waals surface area (Å²) in [5.41, 5.74) is 0.880. The van der Waals surface area contributed by atoms with Crippen molar-refractivity contribution in [3.8, 4) is 0 Å². The standard InChI is InChI=1S/C11H16N2O3S/c1-7-9(11(14)15)10(13(2)12-7)17-6-8-4-3-5-16-8/h8H,3-6H2,1-2H3,(H,14,15). The first-order valence-electron chi connectivity index (χ1n) is 5.61. The zero-order valence-corrected chi connectivity index (χ0v) is 10.8. The van der Waals surface area contributed by atoms with E-state index in [1.807, 2.05) is 0 Å². The van der Waals surface area contributed by atoms with Gasteiger partial charge in [0.25, 0.3) is 0 Å². The number of hydrogen-bond donors (Lipinski definition) is 1. The molecule has 1 fully saturated rings. The number of carboxylic acids is 1. The molecular weight excluding hydrogens is 240 g/mol. The van der Waals surface area contributed by atoms with Crippen molar-refractivity contribution in [2.24, 2.45) is 7.05 Å². The first kappa shape index (κ1) is 12.4. The number of carbonyl (C=O) groups is 1. The first-order chi connectivity index (χ1) is 8.09. The lowest BCUT2D eigenvalue weighted by molar-refractivity contribution is 0.0691. The maximum Gasteiger partial charge on any atom is 0.340 e. The van der Waals surface area contributed by atoms with Crippen LogP contribution in [0, 0.1) is 6.92 Å². The lowest BCUT2D eigenvalue weighted by atomic mass is 10.3. The molecule has 0 spiro atoms. The molecule has 5 nitrogen and oxygen atoms in total. The number of nitrogens with zero attached hydrogens (tertiary/aromatic N) is 2. The zero-order chi connectivity index (χ0) is 12.4. The van der Waals surface area contributed by atoms with Crippen LogP contribution in [0.25, 0.3) is 0 Å². The van der Waals surface area contributed by atoms with Gasteiger partial charge < -0.3 is 9.84 Å². The maximum absolute atomic E-state index is 11.2. The number of aromatic carboxylic acids is 1. The Balaban J connectivity index is 2.11. The summed E-state index contributed by atoms with van der Waals surface area (Å²) >= 11 is 1.51. The summed E-state index contributed by atoms with van der Waals surface area (Å²) in [6.45, 7) is 2.54.